The van der Waals surface area contributed by atoms with Crippen LogP contribution in [0.15, 0.2) is 42.0 Å². The first-order valence-corrected chi connectivity index (χ1v) is 9.11. The van der Waals surface area contributed by atoms with Gasteiger partial charge in [-0.25, -0.2) is 14.5 Å². The topological polar surface area (TPSA) is 113 Å². The van der Waals surface area contributed by atoms with Gasteiger partial charge >= 0.3 is 12.0 Å². The van der Waals surface area contributed by atoms with E-state index in [9.17, 15) is 19.2 Å². The predicted octanol–water partition coefficient (Wildman–Crippen LogP) is 2.74. The van der Waals surface area contributed by atoms with Gasteiger partial charge < -0.3 is 9.84 Å². The van der Waals surface area contributed by atoms with Crippen LogP contribution < -0.4 is 15.0 Å². The molecule has 2 aromatic carbocycles. The first-order chi connectivity index (χ1) is 14.2. The summed E-state index contributed by atoms with van der Waals surface area (Å²) >= 11 is 0. The molecule has 0 unspecified atom stereocenters. The second-order valence-corrected chi connectivity index (χ2v) is 6.96. The molecule has 2 N–H and O–H groups in total. The fraction of sp³-hybridized carbons (Fsp3) is 0.182. The van der Waals surface area contributed by atoms with Gasteiger partial charge in [0.2, 0.25) is 0 Å². The van der Waals surface area contributed by atoms with E-state index in [0.717, 1.165) is 21.6 Å². The molecule has 8 heteroatoms. The van der Waals surface area contributed by atoms with E-state index in [0.29, 0.717) is 17.0 Å². The van der Waals surface area contributed by atoms with Gasteiger partial charge in [0.05, 0.1) is 5.69 Å². The van der Waals surface area contributed by atoms with Crippen molar-refractivity contribution < 1.29 is 29.0 Å². The average Bonchev–Trinajstić information content (AvgIpc) is 2.66. The molecule has 1 heterocycles. The van der Waals surface area contributed by atoms with Gasteiger partial charge in [0.25, 0.3) is 11.8 Å². The largest absolute Gasteiger partial charge is 0.482 e. The van der Waals surface area contributed by atoms with Crippen LogP contribution in [0.25, 0.3) is 6.08 Å². The number of carboxylic acids is 1. The molecule has 1 aliphatic heterocycles. The maximum absolute atomic E-state index is 13.1. The standard InChI is InChI=1S/C22H20N2O6/c1-12-8-13(2)19(14(3)9-12)24-21(28)17(20(27)23-22(24)29)10-15-4-6-16(7-5-15)30-11-18(25)26/h4-10H,11H2,1-3H3,(H,25,26)(H,23,27,29)/b17-10-. The third kappa shape index (κ3) is 4.22. The number of carbonyl (C=O) groups excluding carboxylic acids is 3. The van der Waals surface area contributed by atoms with Gasteiger partial charge in [-0.3, -0.25) is 14.9 Å². The van der Waals surface area contributed by atoms with Crippen LogP contribution >= 0.6 is 0 Å². The Balaban J connectivity index is 1.94. The smallest absolute Gasteiger partial charge is 0.341 e. The summed E-state index contributed by atoms with van der Waals surface area (Å²) in [6, 6.07) is 9.13. The normalized spacial score (nSPS) is 15.4. The molecule has 4 amide bonds. The van der Waals surface area contributed by atoms with Crippen molar-refractivity contribution in [3.8, 4) is 5.75 Å². The zero-order chi connectivity index (χ0) is 22.0. The fourth-order valence-electron chi connectivity index (χ4n) is 3.36. The van der Waals surface area contributed by atoms with Crippen molar-refractivity contribution >= 4 is 35.6 Å². The highest BCUT2D eigenvalue weighted by Gasteiger charge is 2.38. The highest BCUT2D eigenvalue weighted by atomic mass is 16.5. The summed E-state index contributed by atoms with van der Waals surface area (Å²) < 4.78 is 5.06. The second kappa shape index (κ2) is 8.20. The minimum absolute atomic E-state index is 0.187. The van der Waals surface area contributed by atoms with Gasteiger partial charge in [0, 0.05) is 0 Å². The Hall–Kier alpha value is -3.94. The molecule has 30 heavy (non-hydrogen) atoms. The molecule has 0 radical (unpaired) electrons. The number of anilines is 1. The van der Waals surface area contributed by atoms with Gasteiger partial charge in [-0.05, 0) is 55.7 Å². The van der Waals surface area contributed by atoms with Crippen LogP contribution in [0, 0.1) is 20.8 Å². The number of urea groups is 1. The first-order valence-electron chi connectivity index (χ1n) is 9.11. The van der Waals surface area contributed by atoms with Crippen molar-refractivity contribution in [1.82, 2.24) is 5.32 Å². The van der Waals surface area contributed by atoms with E-state index < -0.39 is 30.4 Å². The second-order valence-electron chi connectivity index (χ2n) is 6.96. The zero-order valence-electron chi connectivity index (χ0n) is 16.7. The molecule has 0 aromatic heterocycles. The molecular weight excluding hydrogens is 388 g/mol. The van der Waals surface area contributed by atoms with Gasteiger partial charge in [0.1, 0.15) is 11.3 Å². The third-order valence-corrected chi connectivity index (χ3v) is 4.51. The minimum Gasteiger partial charge on any atom is -0.482 e. The fourth-order valence-corrected chi connectivity index (χ4v) is 3.36. The van der Waals surface area contributed by atoms with E-state index in [4.69, 9.17) is 9.84 Å². The highest BCUT2D eigenvalue weighted by molar-refractivity contribution is 6.39. The number of carbonyl (C=O) groups is 4. The van der Waals surface area contributed by atoms with Gasteiger partial charge in [-0.15, -0.1) is 0 Å². The lowest BCUT2D eigenvalue weighted by Crippen LogP contribution is -2.54. The third-order valence-electron chi connectivity index (χ3n) is 4.51. The Bertz CT molecular complexity index is 1060. The van der Waals surface area contributed by atoms with Crippen molar-refractivity contribution in [3.05, 3.63) is 64.2 Å². The predicted molar refractivity (Wildman–Crippen MR) is 109 cm³/mol. The molecule has 0 spiro atoms. The van der Waals surface area contributed by atoms with E-state index >= 15 is 0 Å². The molecule has 154 valence electrons. The van der Waals surface area contributed by atoms with Gasteiger partial charge in [-0.2, -0.15) is 0 Å². The van der Waals surface area contributed by atoms with E-state index in [1.165, 1.54) is 18.2 Å². The highest BCUT2D eigenvalue weighted by Crippen LogP contribution is 2.29. The molecule has 2 aromatic rings. The molecule has 0 atom stereocenters. The maximum atomic E-state index is 13.1. The van der Waals surface area contributed by atoms with Crippen LogP contribution in [0.2, 0.25) is 0 Å². The number of aliphatic carboxylic acids is 1. The zero-order valence-corrected chi connectivity index (χ0v) is 16.7. The number of nitrogens with zero attached hydrogens (tertiary/aromatic N) is 1. The molecule has 1 aliphatic rings. The van der Waals surface area contributed by atoms with E-state index in [1.54, 1.807) is 26.0 Å². The van der Waals surface area contributed by atoms with Gasteiger partial charge in [0.15, 0.2) is 6.61 Å². The lowest BCUT2D eigenvalue weighted by atomic mass is 10.0. The maximum Gasteiger partial charge on any atom is 0.341 e. The molecule has 1 saturated heterocycles. The summed E-state index contributed by atoms with van der Waals surface area (Å²) in [6.07, 6.45) is 1.37. The van der Waals surface area contributed by atoms with Crippen molar-refractivity contribution in [2.24, 2.45) is 0 Å². The number of barbiturate groups is 1. The Morgan fingerprint density at radius 3 is 2.23 bits per heavy atom. The lowest BCUT2D eigenvalue weighted by molar-refractivity contribution is -0.139. The summed E-state index contributed by atoms with van der Waals surface area (Å²) in [5.41, 5.74) is 3.25. The minimum atomic E-state index is -1.10. The average molecular weight is 408 g/mol. The Labute approximate surface area is 172 Å². The van der Waals surface area contributed by atoms with Crippen LogP contribution in [0.5, 0.6) is 5.75 Å². The number of hydrogen-bond donors (Lipinski definition) is 2. The van der Waals surface area contributed by atoms with E-state index in [1.807, 2.05) is 19.1 Å². The molecule has 0 saturated carbocycles. The number of amides is 4. The van der Waals surface area contributed by atoms with Crippen LogP contribution in [0.4, 0.5) is 10.5 Å². The molecule has 0 aliphatic carbocycles. The molecule has 0 bridgehead atoms. The molecular formula is C22H20N2O6. The summed E-state index contributed by atoms with van der Waals surface area (Å²) in [5, 5.41) is 10.9. The monoisotopic (exact) mass is 408 g/mol. The van der Waals surface area contributed by atoms with E-state index in [2.05, 4.69) is 5.32 Å². The van der Waals surface area contributed by atoms with Crippen LogP contribution in [-0.2, 0) is 14.4 Å². The molecule has 1 fully saturated rings. The van der Waals surface area contributed by atoms with Gasteiger partial charge in [-0.1, -0.05) is 29.8 Å². The summed E-state index contributed by atoms with van der Waals surface area (Å²) in [6.45, 7) is 5.03. The van der Waals surface area contributed by atoms with Crippen LogP contribution in [0.3, 0.4) is 0 Å². The Kier molecular flexibility index (Phi) is 5.68. The van der Waals surface area contributed by atoms with Crippen molar-refractivity contribution in [1.29, 1.82) is 0 Å². The summed E-state index contributed by atoms with van der Waals surface area (Å²) in [5.74, 6) is -2.27. The number of rotatable bonds is 5. The first kappa shape index (κ1) is 20.8. The Morgan fingerprint density at radius 2 is 1.67 bits per heavy atom. The van der Waals surface area contributed by atoms with Crippen LogP contribution in [-0.4, -0.2) is 35.5 Å². The number of imide groups is 2. The number of aryl methyl sites for hydroxylation is 3. The number of nitrogens with one attached hydrogen (secondary N) is 1. The number of ether oxygens (including phenoxy) is 1. The molecule has 3 rings (SSSR count). The van der Waals surface area contributed by atoms with Crippen molar-refractivity contribution in [2.45, 2.75) is 20.8 Å². The quantitative estimate of drug-likeness (QED) is 0.581. The lowest BCUT2D eigenvalue weighted by Gasteiger charge is -2.29. The number of benzene rings is 2. The van der Waals surface area contributed by atoms with Crippen molar-refractivity contribution in [2.75, 3.05) is 11.5 Å². The van der Waals surface area contributed by atoms with Crippen LogP contribution in [0.1, 0.15) is 22.3 Å². The Morgan fingerprint density at radius 1 is 1.07 bits per heavy atom. The van der Waals surface area contributed by atoms with Crippen molar-refractivity contribution in [3.63, 3.8) is 0 Å². The molecule has 8 nitrogen and oxygen atoms in total. The van der Waals surface area contributed by atoms with E-state index in [-0.39, 0.29) is 5.57 Å². The number of carboxylic acid groups (broad SMARTS) is 1. The SMILES string of the molecule is Cc1cc(C)c(N2C(=O)NC(=O)/C(=C/c3ccc(OCC(=O)O)cc3)C2=O)c(C)c1. The summed E-state index contributed by atoms with van der Waals surface area (Å²) in [4.78, 5) is 49.4. The number of hydrogen-bond acceptors (Lipinski definition) is 5. The summed E-state index contributed by atoms with van der Waals surface area (Å²) in [7, 11) is 0.